The van der Waals surface area contributed by atoms with Gasteiger partial charge in [-0.3, -0.25) is 4.79 Å². The zero-order chi connectivity index (χ0) is 12.3. The Kier molecular flexibility index (Phi) is 6.39. The molecule has 2 aliphatic rings. The molecule has 0 aromatic heterocycles. The molecule has 2 aliphatic heterocycles. The second kappa shape index (κ2) is 7.31. The summed E-state index contributed by atoms with van der Waals surface area (Å²) >= 11 is 0. The van der Waals surface area contributed by atoms with Crippen LogP contribution in [0.25, 0.3) is 0 Å². The lowest BCUT2D eigenvalue weighted by Gasteiger charge is -2.35. The summed E-state index contributed by atoms with van der Waals surface area (Å²) in [4.78, 5) is 14.1. The number of nitrogens with zero attached hydrogens (tertiary/aromatic N) is 1. The van der Waals surface area contributed by atoms with Gasteiger partial charge in [-0.05, 0) is 38.3 Å². The lowest BCUT2D eigenvalue weighted by atomic mass is 9.88. The summed E-state index contributed by atoms with van der Waals surface area (Å²) < 4.78 is 5.67. The van der Waals surface area contributed by atoms with Gasteiger partial charge < -0.3 is 15.0 Å². The lowest BCUT2D eigenvalue weighted by molar-refractivity contribution is -0.138. The van der Waals surface area contributed by atoms with Crippen molar-refractivity contribution in [2.75, 3.05) is 33.3 Å². The quantitative estimate of drug-likeness (QED) is 0.841. The van der Waals surface area contributed by atoms with E-state index in [0.29, 0.717) is 5.92 Å². The molecule has 0 bridgehead atoms. The van der Waals surface area contributed by atoms with Crippen LogP contribution in [0.4, 0.5) is 0 Å². The van der Waals surface area contributed by atoms with E-state index in [1.165, 1.54) is 6.42 Å². The van der Waals surface area contributed by atoms with Crippen LogP contribution in [0.5, 0.6) is 0 Å². The SMILES string of the molecule is CC(C(=O)N(C)CC1CCCCO1)C1CNC1.Cl. The first-order valence-corrected chi connectivity index (χ1v) is 6.76. The summed E-state index contributed by atoms with van der Waals surface area (Å²) in [7, 11) is 1.91. The van der Waals surface area contributed by atoms with E-state index in [4.69, 9.17) is 4.74 Å². The average Bonchev–Trinajstić information content (AvgIpc) is 2.27. The highest BCUT2D eigenvalue weighted by Crippen LogP contribution is 2.19. The maximum atomic E-state index is 12.2. The molecule has 2 unspecified atom stereocenters. The molecule has 18 heavy (non-hydrogen) atoms. The predicted octanol–water partition coefficient (Wildman–Crippen LogP) is 1.29. The van der Waals surface area contributed by atoms with E-state index < -0.39 is 0 Å². The first-order chi connectivity index (χ1) is 8.18. The molecule has 2 atom stereocenters. The number of ether oxygens (including phenoxy) is 1. The van der Waals surface area contributed by atoms with Crippen LogP contribution < -0.4 is 5.32 Å². The minimum atomic E-state index is 0. The van der Waals surface area contributed by atoms with Gasteiger partial charge in [0.25, 0.3) is 0 Å². The van der Waals surface area contributed by atoms with Crippen LogP contribution in [0, 0.1) is 11.8 Å². The number of nitrogens with one attached hydrogen (secondary N) is 1. The Balaban J connectivity index is 0.00000162. The molecule has 0 aliphatic carbocycles. The number of carbonyl (C=O) groups excluding carboxylic acids is 1. The van der Waals surface area contributed by atoms with Crippen molar-refractivity contribution in [3.63, 3.8) is 0 Å². The van der Waals surface area contributed by atoms with Crippen LogP contribution in [0.1, 0.15) is 26.2 Å². The Hall–Kier alpha value is -0.320. The molecule has 2 fully saturated rings. The highest BCUT2D eigenvalue weighted by Gasteiger charge is 2.31. The van der Waals surface area contributed by atoms with E-state index >= 15 is 0 Å². The topological polar surface area (TPSA) is 41.6 Å². The van der Waals surface area contributed by atoms with Crippen molar-refractivity contribution >= 4 is 18.3 Å². The van der Waals surface area contributed by atoms with Gasteiger partial charge in [0.2, 0.25) is 5.91 Å². The van der Waals surface area contributed by atoms with Gasteiger partial charge in [0.05, 0.1) is 6.10 Å². The summed E-state index contributed by atoms with van der Waals surface area (Å²) in [6, 6.07) is 0. The Morgan fingerprint density at radius 1 is 1.44 bits per heavy atom. The van der Waals surface area contributed by atoms with E-state index in [1.807, 2.05) is 18.9 Å². The fourth-order valence-corrected chi connectivity index (χ4v) is 2.56. The van der Waals surface area contributed by atoms with E-state index in [9.17, 15) is 4.79 Å². The Bertz CT molecular complexity index is 266. The van der Waals surface area contributed by atoms with E-state index in [-0.39, 0.29) is 30.3 Å². The highest BCUT2D eigenvalue weighted by atomic mass is 35.5. The maximum Gasteiger partial charge on any atom is 0.225 e. The number of rotatable bonds is 4. The average molecular weight is 277 g/mol. The third-order valence-electron chi connectivity index (χ3n) is 4.04. The van der Waals surface area contributed by atoms with Gasteiger partial charge in [0, 0.05) is 26.1 Å². The van der Waals surface area contributed by atoms with Crippen molar-refractivity contribution in [1.82, 2.24) is 10.2 Å². The number of halogens is 1. The van der Waals surface area contributed by atoms with Crippen LogP contribution in [-0.4, -0.2) is 50.2 Å². The van der Waals surface area contributed by atoms with Crippen molar-refractivity contribution in [3.05, 3.63) is 0 Å². The third-order valence-corrected chi connectivity index (χ3v) is 4.04. The van der Waals surface area contributed by atoms with Crippen molar-refractivity contribution in [1.29, 1.82) is 0 Å². The lowest BCUT2D eigenvalue weighted by Crippen LogP contribution is -2.50. The number of likely N-dealkylation sites (N-methyl/N-ethyl adjacent to an activating group) is 1. The molecule has 5 heteroatoms. The Morgan fingerprint density at radius 2 is 2.17 bits per heavy atom. The van der Waals surface area contributed by atoms with Crippen molar-refractivity contribution < 1.29 is 9.53 Å². The zero-order valence-corrected chi connectivity index (χ0v) is 12.2. The zero-order valence-electron chi connectivity index (χ0n) is 11.4. The second-order valence-corrected chi connectivity index (χ2v) is 5.41. The second-order valence-electron chi connectivity index (χ2n) is 5.41. The van der Waals surface area contributed by atoms with Gasteiger partial charge >= 0.3 is 0 Å². The largest absolute Gasteiger partial charge is 0.376 e. The monoisotopic (exact) mass is 276 g/mol. The first-order valence-electron chi connectivity index (χ1n) is 6.76. The number of hydrogen-bond acceptors (Lipinski definition) is 3. The molecule has 1 amide bonds. The van der Waals surface area contributed by atoms with Crippen molar-refractivity contribution in [3.8, 4) is 0 Å². The van der Waals surface area contributed by atoms with Gasteiger partial charge in [-0.15, -0.1) is 12.4 Å². The van der Waals surface area contributed by atoms with Crippen LogP contribution in [-0.2, 0) is 9.53 Å². The van der Waals surface area contributed by atoms with Crippen molar-refractivity contribution in [2.45, 2.75) is 32.3 Å². The van der Waals surface area contributed by atoms with E-state index in [1.54, 1.807) is 0 Å². The molecule has 0 aromatic carbocycles. The molecule has 0 radical (unpaired) electrons. The van der Waals surface area contributed by atoms with E-state index in [0.717, 1.165) is 39.1 Å². The summed E-state index contributed by atoms with van der Waals surface area (Å²) in [6.07, 6.45) is 3.74. The van der Waals surface area contributed by atoms with Gasteiger partial charge in [-0.1, -0.05) is 6.92 Å². The minimum absolute atomic E-state index is 0. The standard InChI is InChI=1S/C13H24N2O2.ClH/c1-10(11-7-14-8-11)13(16)15(2)9-12-5-3-4-6-17-12;/h10-12,14H,3-9H2,1-2H3;1H. The number of amides is 1. The molecule has 1 N–H and O–H groups in total. The summed E-state index contributed by atoms with van der Waals surface area (Å²) in [5.74, 6) is 0.938. The van der Waals surface area contributed by atoms with Gasteiger partial charge in [0.15, 0.2) is 0 Å². The molecule has 0 aromatic rings. The summed E-state index contributed by atoms with van der Waals surface area (Å²) in [5.41, 5.74) is 0. The summed E-state index contributed by atoms with van der Waals surface area (Å²) in [5, 5.41) is 3.22. The molecule has 106 valence electrons. The molecule has 2 heterocycles. The fraction of sp³-hybridized carbons (Fsp3) is 0.923. The van der Waals surface area contributed by atoms with Gasteiger partial charge in [-0.25, -0.2) is 0 Å². The minimum Gasteiger partial charge on any atom is -0.376 e. The van der Waals surface area contributed by atoms with E-state index in [2.05, 4.69) is 5.32 Å². The van der Waals surface area contributed by atoms with Gasteiger partial charge in [-0.2, -0.15) is 0 Å². The van der Waals surface area contributed by atoms with Gasteiger partial charge in [0.1, 0.15) is 0 Å². The Labute approximate surface area is 116 Å². The smallest absolute Gasteiger partial charge is 0.225 e. The molecule has 2 saturated heterocycles. The van der Waals surface area contributed by atoms with Crippen LogP contribution in [0.3, 0.4) is 0 Å². The van der Waals surface area contributed by atoms with Crippen molar-refractivity contribution in [2.24, 2.45) is 11.8 Å². The highest BCUT2D eigenvalue weighted by molar-refractivity contribution is 5.85. The predicted molar refractivity (Wildman–Crippen MR) is 74.0 cm³/mol. The molecule has 0 spiro atoms. The third kappa shape index (κ3) is 3.84. The first kappa shape index (κ1) is 15.7. The summed E-state index contributed by atoms with van der Waals surface area (Å²) in [6.45, 7) is 5.63. The normalized spacial score (nSPS) is 25.8. The maximum absolute atomic E-state index is 12.2. The molecular formula is C13H25ClN2O2. The van der Waals surface area contributed by atoms with Crippen LogP contribution in [0.2, 0.25) is 0 Å². The fourth-order valence-electron chi connectivity index (χ4n) is 2.56. The van der Waals surface area contributed by atoms with Crippen LogP contribution >= 0.6 is 12.4 Å². The Morgan fingerprint density at radius 3 is 2.67 bits per heavy atom. The molecule has 2 rings (SSSR count). The van der Waals surface area contributed by atoms with Crippen LogP contribution in [0.15, 0.2) is 0 Å². The molecule has 0 saturated carbocycles. The molecule has 4 nitrogen and oxygen atoms in total. The molecular weight excluding hydrogens is 252 g/mol. The number of carbonyl (C=O) groups is 1. The number of hydrogen-bond donors (Lipinski definition) is 1.